The van der Waals surface area contributed by atoms with Crippen molar-refractivity contribution >= 4 is 0 Å². The summed E-state index contributed by atoms with van der Waals surface area (Å²) in [5.41, 5.74) is 7.00. The van der Waals surface area contributed by atoms with Crippen LogP contribution in [0.15, 0.2) is 12.4 Å². The monoisotopic (exact) mass is 211 g/mol. The van der Waals surface area contributed by atoms with Gasteiger partial charge >= 0.3 is 0 Å². The van der Waals surface area contributed by atoms with Crippen LogP contribution in [0.1, 0.15) is 26.3 Å². The van der Waals surface area contributed by atoms with Crippen LogP contribution in [0.4, 0.5) is 0 Å². The molecular formula is C11H21N3O. The first-order valence-corrected chi connectivity index (χ1v) is 5.24. The molecule has 2 N–H and O–H groups in total. The summed E-state index contributed by atoms with van der Waals surface area (Å²) >= 11 is 0. The second-order valence-electron chi connectivity index (χ2n) is 4.91. The maximum Gasteiger partial charge on any atom is 0.0627 e. The highest BCUT2D eigenvalue weighted by atomic mass is 16.5. The zero-order valence-electron chi connectivity index (χ0n) is 10.0. The van der Waals surface area contributed by atoms with Crippen LogP contribution >= 0.6 is 0 Å². The minimum atomic E-state index is -0.118. The topological polar surface area (TPSA) is 53.1 Å². The molecule has 1 atom stereocenters. The van der Waals surface area contributed by atoms with Crippen molar-refractivity contribution in [2.75, 3.05) is 6.61 Å². The second kappa shape index (κ2) is 4.77. The Morgan fingerprint density at radius 3 is 2.67 bits per heavy atom. The maximum atomic E-state index is 5.96. The van der Waals surface area contributed by atoms with Gasteiger partial charge < -0.3 is 10.5 Å². The van der Waals surface area contributed by atoms with Gasteiger partial charge in [0.15, 0.2) is 0 Å². The summed E-state index contributed by atoms with van der Waals surface area (Å²) in [6, 6.07) is 0.0356. The number of nitrogens with two attached hydrogens (primary N) is 1. The molecule has 0 aliphatic heterocycles. The normalized spacial score (nSPS) is 14.2. The molecule has 0 saturated carbocycles. The van der Waals surface area contributed by atoms with Crippen molar-refractivity contribution in [2.45, 2.75) is 38.8 Å². The molecule has 4 nitrogen and oxygen atoms in total. The van der Waals surface area contributed by atoms with Crippen LogP contribution in [0.2, 0.25) is 0 Å². The lowest BCUT2D eigenvalue weighted by Gasteiger charge is -2.22. The molecule has 15 heavy (non-hydrogen) atoms. The van der Waals surface area contributed by atoms with Gasteiger partial charge in [0.05, 0.1) is 18.4 Å². The van der Waals surface area contributed by atoms with E-state index in [-0.39, 0.29) is 11.6 Å². The van der Waals surface area contributed by atoms with Crippen LogP contribution in [-0.2, 0) is 18.2 Å². The zero-order chi connectivity index (χ0) is 11.5. The minimum absolute atomic E-state index is 0.0356. The van der Waals surface area contributed by atoms with E-state index in [1.54, 1.807) is 4.68 Å². The Kier molecular flexibility index (Phi) is 3.88. The van der Waals surface area contributed by atoms with E-state index >= 15 is 0 Å². The molecule has 1 aromatic rings. The highest BCUT2D eigenvalue weighted by Gasteiger charge is 2.13. The van der Waals surface area contributed by atoms with E-state index in [1.807, 2.05) is 40.2 Å². The molecule has 0 aromatic carbocycles. The number of rotatable bonds is 4. The molecule has 0 amide bonds. The van der Waals surface area contributed by atoms with Crippen molar-refractivity contribution in [1.29, 1.82) is 0 Å². The van der Waals surface area contributed by atoms with Crippen LogP contribution in [0.3, 0.4) is 0 Å². The molecule has 0 radical (unpaired) electrons. The number of nitrogens with zero attached hydrogens (tertiary/aromatic N) is 2. The Bertz CT molecular complexity index is 301. The van der Waals surface area contributed by atoms with Crippen molar-refractivity contribution in [1.82, 2.24) is 9.78 Å². The standard InChI is InChI=1S/C11H21N3O/c1-11(2,3)15-8-10(12)5-9-6-13-14(4)7-9/h6-7,10H,5,8,12H2,1-4H3. The smallest absolute Gasteiger partial charge is 0.0627 e. The third-order valence-corrected chi connectivity index (χ3v) is 1.99. The van der Waals surface area contributed by atoms with Crippen LogP contribution in [0.5, 0.6) is 0 Å². The fourth-order valence-electron chi connectivity index (χ4n) is 1.30. The molecule has 4 heteroatoms. The molecule has 1 heterocycles. The first kappa shape index (κ1) is 12.2. The van der Waals surface area contributed by atoms with Crippen LogP contribution < -0.4 is 5.73 Å². The predicted molar refractivity (Wildman–Crippen MR) is 60.6 cm³/mol. The molecule has 1 aromatic heterocycles. The average Bonchev–Trinajstić information content (AvgIpc) is 2.47. The van der Waals surface area contributed by atoms with Gasteiger partial charge in [-0.05, 0) is 32.8 Å². The van der Waals surface area contributed by atoms with E-state index in [9.17, 15) is 0 Å². The van der Waals surface area contributed by atoms with Crippen molar-refractivity contribution in [2.24, 2.45) is 12.8 Å². The summed E-state index contributed by atoms with van der Waals surface area (Å²) in [6.45, 7) is 6.68. The molecule has 0 aliphatic carbocycles. The first-order valence-electron chi connectivity index (χ1n) is 5.24. The molecule has 0 aliphatic rings. The van der Waals surface area contributed by atoms with E-state index in [0.717, 1.165) is 12.0 Å². The van der Waals surface area contributed by atoms with Gasteiger partial charge in [-0.15, -0.1) is 0 Å². The van der Waals surface area contributed by atoms with Gasteiger partial charge in [0, 0.05) is 19.3 Å². The molecule has 0 saturated heterocycles. The van der Waals surface area contributed by atoms with Gasteiger partial charge in [0.2, 0.25) is 0 Å². The van der Waals surface area contributed by atoms with Crippen LogP contribution in [0.25, 0.3) is 0 Å². The fourth-order valence-corrected chi connectivity index (χ4v) is 1.30. The number of hydrogen-bond donors (Lipinski definition) is 1. The van der Waals surface area contributed by atoms with Gasteiger partial charge in [-0.25, -0.2) is 0 Å². The largest absolute Gasteiger partial charge is 0.374 e. The summed E-state index contributed by atoms with van der Waals surface area (Å²) < 4.78 is 7.40. The quantitative estimate of drug-likeness (QED) is 0.811. The van der Waals surface area contributed by atoms with Gasteiger partial charge in [0.1, 0.15) is 0 Å². The lowest BCUT2D eigenvalue weighted by Crippen LogP contribution is -2.33. The Balaban J connectivity index is 2.33. The van der Waals surface area contributed by atoms with Gasteiger partial charge in [-0.3, -0.25) is 4.68 Å². The third-order valence-electron chi connectivity index (χ3n) is 1.99. The molecular weight excluding hydrogens is 190 g/mol. The lowest BCUT2D eigenvalue weighted by atomic mass is 10.1. The number of ether oxygens (including phenoxy) is 1. The summed E-state index contributed by atoms with van der Waals surface area (Å²) in [4.78, 5) is 0. The Morgan fingerprint density at radius 1 is 1.53 bits per heavy atom. The van der Waals surface area contributed by atoms with E-state index < -0.39 is 0 Å². The van der Waals surface area contributed by atoms with E-state index in [1.165, 1.54) is 0 Å². The van der Waals surface area contributed by atoms with Gasteiger partial charge in [-0.2, -0.15) is 5.10 Å². The third kappa shape index (κ3) is 4.95. The first-order chi connectivity index (χ1) is 6.87. The number of aryl methyl sites for hydroxylation is 1. The SMILES string of the molecule is Cn1cc(CC(N)COC(C)(C)C)cn1. The van der Waals surface area contributed by atoms with Crippen molar-refractivity contribution in [3.8, 4) is 0 Å². The Morgan fingerprint density at radius 2 is 2.20 bits per heavy atom. The highest BCUT2D eigenvalue weighted by Crippen LogP contribution is 2.08. The Hall–Kier alpha value is -0.870. The maximum absolute atomic E-state index is 5.96. The van der Waals surface area contributed by atoms with Gasteiger partial charge in [-0.1, -0.05) is 0 Å². The van der Waals surface area contributed by atoms with E-state index in [0.29, 0.717) is 6.61 Å². The van der Waals surface area contributed by atoms with E-state index in [2.05, 4.69) is 5.10 Å². The summed E-state index contributed by atoms with van der Waals surface area (Å²) in [6.07, 6.45) is 4.64. The molecule has 86 valence electrons. The molecule has 1 unspecified atom stereocenters. The van der Waals surface area contributed by atoms with Crippen molar-refractivity contribution in [3.63, 3.8) is 0 Å². The molecule has 1 rings (SSSR count). The second-order valence-corrected chi connectivity index (χ2v) is 4.91. The molecule has 0 bridgehead atoms. The van der Waals surface area contributed by atoms with E-state index in [4.69, 9.17) is 10.5 Å². The summed E-state index contributed by atoms with van der Waals surface area (Å²) in [5.74, 6) is 0. The van der Waals surface area contributed by atoms with Crippen LogP contribution in [0, 0.1) is 0 Å². The number of hydrogen-bond acceptors (Lipinski definition) is 3. The summed E-state index contributed by atoms with van der Waals surface area (Å²) in [7, 11) is 1.90. The molecule has 0 spiro atoms. The van der Waals surface area contributed by atoms with Crippen molar-refractivity contribution < 1.29 is 4.74 Å². The van der Waals surface area contributed by atoms with Crippen molar-refractivity contribution in [3.05, 3.63) is 18.0 Å². The predicted octanol–water partition coefficient (Wildman–Crippen LogP) is 1.10. The van der Waals surface area contributed by atoms with Crippen LogP contribution in [-0.4, -0.2) is 28.0 Å². The Labute approximate surface area is 91.4 Å². The fraction of sp³-hybridized carbons (Fsp3) is 0.727. The lowest BCUT2D eigenvalue weighted by molar-refractivity contribution is -0.00983. The average molecular weight is 211 g/mol. The minimum Gasteiger partial charge on any atom is -0.374 e. The van der Waals surface area contributed by atoms with Gasteiger partial charge in [0.25, 0.3) is 0 Å². The molecule has 0 fully saturated rings. The number of aromatic nitrogens is 2. The highest BCUT2D eigenvalue weighted by molar-refractivity contribution is 5.05. The zero-order valence-corrected chi connectivity index (χ0v) is 10.0. The summed E-state index contributed by atoms with van der Waals surface area (Å²) in [5, 5.41) is 4.10.